The molecule has 1 aliphatic heterocycles. The Bertz CT molecular complexity index is 1350. The van der Waals surface area contributed by atoms with E-state index in [4.69, 9.17) is 9.72 Å². The SMILES string of the molecule is Cc1cc2c(F)c(Oc3cc(N4CCN(C)CC4)nc(Nc4cc(C(C)(C)C)[nH]n4)n3)ccc2[nH]1. The summed E-state index contributed by atoms with van der Waals surface area (Å²) < 4.78 is 21.2. The quantitative estimate of drug-likeness (QED) is 0.382. The van der Waals surface area contributed by atoms with Gasteiger partial charge in [0.25, 0.3) is 0 Å². The van der Waals surface area contributed by atoms with Gasteiger partial charge in [-0.25, -0.2) is 4.39 Å². The molecule has 0 atom stereocenters. The Labute approximate surface area is 203 Å². The summed E-state index contributed by atoms with van der Waals surface area (Å²) in [6.45, 7) is 11.7. The van der Waals surface area contributed by atoms with Crippen molar-refractivity contribution in [3.05, 3.63) is 47.5 Å². The number of H-pyrrole nitrogens is 2. The molecule has 184 valence electrons. The molecule has 1 fully saturated rings. The van der Waals surface area contributed by atoms with Gasteiger partial charge >= 0.3 is 0 Å². The van der Waals surface area contributed by atoms with Crippen LogP contribution in [0.3, 0.4) is 0 Å². The number of aromatic amines is 2. The van der Waals surface area contributed by atoms with Crippen molar-refractivity contribution in [1.82, 2.24) is 30.0 Å². The van der Waals surface area contributed by atoms with Gasteiger partial charge in [0.05, 0.1) is 0 Å². The van der Waals surface area contributed by atoms with Crippen molar-refractivity contribution in [2.45, 2.75) is 33.1 Å². The van der Waals surface area contributed by atoms with Crippen LogP contribution in [0.2, 0.25) is 0 Å². The van der Waals surface area contributed by atoms with Gasteiger partial charge in [-0.05, 0) is 32.2 Å². The average molecular weight is 479 g/mol. The van der Waals surface area contributed by atoms with E-state index in [1.807, 2.05) is 13.0 Å². The molecule has 1 aliphatic rings. The fourth-order valence-corrected chi connectivity index (χ4v) is 4.08. The van der Waals surface area contributed by atoms with Crippen LogP contribution in [0.25, 0.3) is 10.9 Å². The second kappa shape index (κ2) is 8.84. The Morgan fingerprint density at radius 3 is 2.54 bits per heavy atom. The number of ether oxygens (including phenoxy) is 1. The number of fused-ring (bicyclic) bond motifs is 1. The van der Waals surface area contributed by atoms with Crippen LogP contribution in [-0.4, -0.2) is 63.3 Å². The number of nitrogens with one attached hydrogen (secondary N) is 3. The predicted molar refractivity (Wildman–Crippen MR) is 135 cm³/mol. The number of aryl methyl sites for hydroxylation is 1. The molecular formula is C25H31FN8O. The van der Waals surface area contributed by atoms with Crippen molar-refractivity contribution < 1.29 is 9.13 Å². The number of hydrogen-bond acceptors (Lipinski definition) is 7. The third-order valence-electron chi connectivity index (χ3n) is 6.19. The van der Waals surface area contributed by atoms with E-state index in [2.05, 4.69) is 63.1 Å². The van der Waals surface area contributed by atoms with E-state index in [-0.39, 0.29) is 17.0 Å². The molecule has 1 saturated heterocycles. The molecule has 3 aromatic heterocycles. The molecule has 1 aromatic carbocycles. The summed E-state index contributed by atoms with van der Waals surface area (Å²) in [5.41, 5.74) is 2.53. The molecule has 0 spiro atoms. The molecule has 4 heterocycles. The lowest BCUT2D eigenvalue weighted by Crippen LogP contribution is -2.44. The van der Waals surface area contributed by atoms with E-state index >= 15 is 4.39 Å². The Morgan fingerprint density at radius 2 is 1.83 bits per heavy atom. The van der Waals surface area contributed by atoms with Gasteiger partial charge in [0, 0.05) is 66.0 Å². The number of nitrogens with zero attached hydrogens (tertiary/aromatic N) is 5. The largest absolute Gasteiger partial charge is 0.436 e. The van der Waals surface area contributed by atoms with Gasteiger partial charge < -0.3 is 24.8 Å². The zero-order chi connectivity index (χ0) is 24.7. The normalized spacial score (nSPS) is 15.1. The number of rotatable bonds is 5. The first-order valence-corrected chi connectivity index (χ1v) is 11.8. The highest BCUT2D eigenvalue weighted by molar-refractivity contribution is 5.82. The third kappa shape index (κ3) is 4.93. The zero-order valence-electron chi connectivity index (χ0n) is 20.7. The summed E-state index contributed by atoms with van der Waals surface area (Å²) in [4.78, 5) is 16.8. The van der Waals surface area contributed by atoms with Gasteiger partial charge in [-0.2, -0.15) is 15.1 Å². The second-order valence-electron chi connectivity index (χ2n) is 10.1. The van der Waals surface area contributed by atoms with Gasteiger partial charge in [-0.15, -0.1) is 0 Å². The minimum Gasteiger partial charge on any atom is -0.436 e. The second-order valence-corrected chi connectivity index (χ2v) is 10.1. The molecular weight excluding hydrogens is 447 g/mol. The molecule has 0 bridgehead atoms. The van der Waals surface area contributed by atoms with E-state index in [9.17, 15) is 0 Å². The number of benzene rings is 1. The maximum absolute atomic E-state index is 15.2. The first-order valence-electron chi connectivity index (χ1n) is 11.8. The molecule has 9 nitrogen and oxygen atoms in total. The minimum atomic E-state index is -0.428. The maximum atomic E-state index is 15.2. The first kappa shape index (κ1) is 23.1. The number of piperazine rings is 1. The van der Waals surface area contributed by atoms with Crippen LogP contribution in [0, 0.1) is 12.7 Å². The standard InChI is InChI=1S/C25H31FN8O/c1-15-12-16-17(27-15)6-7-18(23(16)26)35-22-14-21(34-10-8-33(5)9-11-34)29-24(30-22)28-20-13-19(31-32-20)25(2,3)4/h6-7,12-14,27H,8-11H2,1-5H3,(H2,28,29,30,31,32). The highest BCUT2D eigenvalue weighted by atomic mass is 19.1. The lowest BCUT2D eigenvalue weighted by atomic mass is 9.92. The Morgan fingerprint density at radius 1 is 1.06 bits per heavy atom. The van der Waals surface area contributed by atoms with Crippen LogP contribution < -0.4 is 15.0 Å². The number of aromatic nitrogens is 5. The summed E-state index contributed by atoms with van der Waals surface area (Å²) in [7, 11) is 2.10. The van der Waals surface area contributed by atoms with Gasteiger partial charge in [0.2, 0.25) is 11.8 Å². The fraction of sp³-hybridized carbons (Fsp3) is 0.400. The van der Waals surface area contributed by atoms with Gasteiger partial charge in [-0.1, -0.05) is 20.8 Å². The topological polar surface area (TPSA) is 98.0 Å². The van der Waals surface area contributed by atoms with E-state index in [0.29, 0.717) is 17.2 Å². The number of likely N-dealkylation sites (N-methyl/N-ethyl adjacent to an activating group) is 1. The van der Waals surface area contributed by atoms with Gasteiger partial charge in [0.1, 0.15) is 5.82 Å². The predicted octanol–water partition coefficient (Wildman–Crippen LogP) is 4.71. The number of hydrogen-bond donors (Lipinski definition) is 3. The molecule has 4 aromatic rings. The Kier molecular flexibility index (Phi) is 5.84. The highest BCUT2D eigenvalue weighted by Crippen LogP contribution is 2.32. The fourth-order valence-electron chi connectivity index (χ4n) is 4.08. The smallest absolute Gasteiger partial charge is 0.233 e. The molecule has 10 heteroatoms. The maximum Gasteiger partial charge on any atom is 0.233 e. The molecule has 5 rings (SSSR count). The van der Waals surface area contributed by atoms with Crippen molar-refractivity contribution >= 4 is 28.5 Å². The zero-order valence-corrected chi connectivity index (χ0v) is 20.7. The monoisotopic (exact) mass is 478 g/mol. The molecule has 3 N–H and O–H groups in total. The van der Waals surface area contributed by atoms with Crippen LogP contribution in [0.1, 0.15) is 32.2 Å². The average Bonchev–Trinajstić information content (AvgIpc) is 3.43. The van der Waals surface area contributed by atoms with E-state index in [1.165, 1.54) is 0 Å². The number of halogens is 1. The molecule has 0 radical (unpaired) electrons. The summed E-state index contributed by atoms with van der Waals surface area (Å²) in [6.07, 6.45) is 0. The molecule has 0 saturated carbocycles. The van der Waals surface area contributed by atoms with Crippen molar-refractivity contribution in [3.63, 3.8) is 0 Å². The van der Waals surface area contributed by atoms with Gasteiger partial charge in [0.15, 0.2) is 17.4 Å². The van der Waals surface area contributed by atoms with E-state index in [1.54, 1.807) is 24.3 Å². The van der Waals surface area contributed by atoms with Crippen LogP contribution in [0.5, 0.6) is 11.6 Å². The Hall–Kier alpha value is -3.66. The van der Waals surface area contributed by atoms with Crippen molar-refractivity contribution in [1.29, 1.82) is 0 Å². The molecule has 0 unspecified atom stereocenters. The Balaban J connectivity index is 1.48. The highest BCUT2D eigenvalue weighted by Gasteiger charge is 2.21. The molecule has 35 heavy (non-hydrogen) atoms. The van der Waals surface area contributed by atoms with Crippen LogP contribution >= 0.6 is 0 Å². The van der Waals surface area contributed by atoms with E-state index < -0.39 is 5.82 Å². The minimum absolute atomic E-state index is 0.0729. The molecule has 0 aliphatic carbocycles. The van der Waals surface area contributed by atoms with E-state index in [0.717, 1.165) is 48.9 Å². The van der Waals surface area contributed by atoms with Gasteiger partial charge in [-0.3, -0.25) is 5.10 Å². The summed E-state index contributed by atoms with van der Waals surface area (Å²) >= 11 is 0. The third-order valence-corrected chi connectivity index (χ3v) is 6.19. The summed E-state index contributed by atoms with van der Waals surface area (Å²) in [5.74, 6) is 1.60. The molecule has 0 amide bonds. The van der Waals surface area contributed by atoms with Crippen molar-refractivity contribution in [2.24, 2.45) is 0 Å². The van der Waals surface area contributed by atoms with Crippen molar-refractivity contribution in [2.75, 3.05) is 43.4 Å². The van der Waals surface area contributed by atoms with Crippen molar-refractivity contribution in [3.8, 4) is 11.6 Å². The summed E-state index contributed by atoms with van der Waals surface area (Å²) in [6, 6.07) is 8.88. The summed E-state index contributed by atoms with van der Waals surface area (Å²) in [5, 5.41) is 11.1. The van der Waals surface area contributed by atoms with Crippen LogP contribution in [0.4, 0.5) is 22.0 Å². The van der Waals surface area contributed by atoms with Crippen LogP contribution in [0.15, 0.2) is 30.3 Å². The lowest BCUT2D eigenvalue weighted by Gasteiger charge is -2.33. The lowest BCUT2D eigenvalue weighted by molar-refractivity contribution is 0.312. The van der Waals surface area contributed by atoms with Crippen LogP contribution in [-0.2, 0) is 5.41 Å². The number of anilines is 3. The first-order chi connectivity index (χ1) is 16.7.